The molecule has 3 amide bonds. The average Bonchev–Trinajstić information content (AvgIpc) is 3.31. The van der Waals surface area contributed by atoms with Crippen molar-refractivity contribution in [3.8, 4) is 0 Å². The number of hydrogen-bond acceptors (Lipinski definition) is 5. The molecule has 8 nitrogen and oxygen atoms in total. The van der Waals surface area contributed by atoms with Crippen molar-refractivity contribution < 1.29 is 14.4 Å². The van der Waals surface area contributed by atoms with Crippen molar-refractivity contribution >= 4 is 29.1 Å². The Kier molecular flexibility index (Phi) is 6.94. The quantitative estimate of drug-likeness (QED) is 0.654. The first-order valence-corrected chi connectivity index (χ1v) is 11.0. The molecule has 3 N–H and O–H groups in total. The van der Waals surface area contributed by atoms with Crippen molar-refractivity contribution in [3.05, 3.63) is 45.4 Å². The third kappa shape index (κ3) is 5.09. The monoisotopic (exact) mass is 431 g/mol. The van der Waals surface area contributed by atoms with Gasteiger partial charge in [-0.1, -0.05) is 6.07 Å². The first-order valence-electron chi connectivity index (χ1n) is 10.1. The molecule has 0 spiro atoms. The summed E-state index contributed by atoms with van der Waals surface area (Å²) in [7, 11) is 0. The molecule has 1 aliphatic rings. The molecule has 1 aliphatic heterocycles. The number of Topliss-reactive ketones (excluding diaryl/α,β-unsaturated/α-hetero) is 1. The van der Waals surface area contributed by atoms with Gasteiger partial charge in [0.25, 0.3) is 5.91 Å². The van der Waals surface area contributed by atoms with Crippen molar-refractivity contribution in [2.75, 3.05) is 32.7 Å². The van der Waals surface area contributed by atoms with Crippen LogP contribution in [0.1, 0.15) is 45.3 Å². The Morgan fingerprint density at radius 3 is 2.47 bits per heavy atom. The molecule has 30 heavy (non-hydrogen) atoms. The van der Waals surface area contributed by atoms with Crippen LogP contribution in [-0.2, 0) is 6.54 Å². The zero-order valence-corrected chi connectivity index (χ0v) is 18.5. The lowest BCUT2D eigenvalue weighted by Gasteiger charge is -2.34. The summed E-state index contributed by atoms with van der Waals surface area (Å²) in [5, 5.41) is 4.88. The van der Waals surface area contributed by atoms with E-state index < -0.39 is 5.91 Å². The molecule has 3 rings (SSSR count). The second-order valence-corrected chi connectivity index (χ2v) is 8.88. The van der Waals surface area contributed by atoms with E-state index in [-0.39, 0.29) is 24.4 Å². The number of carbonyl (C=O) groups excluding carboxylic acids is 3. The molecule has 0 bridgehead atoms. The second kappa shape index (κ2) is 9.44. The summed E-state index contributed by atoms with van der Waals surface area (Å²) in [6.07, 6.45) is 0. The molecular formula is C21H29N5O3S. The van der Waals surface area contributed by atoms with Gasteiger partial charge < -0.3 is 20.5 Å². The molecule has 9 heteroatoms. The Hall–Kier alpha value is -2.65. The number of hydrogen-bond donors (Lipinski definition) is 2. The number of ketones is 1. The fourth-order valence-corrected chi connectivity index (χ4v) is 4.31. The van der Waals surface area contributed by atoms with Crippen LogP contribution in [0.4, 0.5) is 4.79 Å². The number of nitrogens with zero attached hydrogens (tertiary/aromatic N) is 3. The number of rotatable bonds is 7. The van der Waals surface area contributed by atoms with E-state index in [4.69, 9.17) is 5.73 Å². The standard InChI is InChI=1S/C21H29N5O3S/c1-14(2)23-21(29)25-8-6-24(7-9-25)13-19(27)18-11-17(20(22)28)15(3)26(18)12-16-5-4-10-30-16/h4-5,10-11,14H,6-9,12-13H2,1-3H3,(H2,22,28)(H,23,29). The molecule has 2 aromatic heterocycles. The molecule has 3 heterocycles. The maximum absolute atomic E-state index is 13.1. The molecular weight excluding hydrogens is 402 g/mol. The molecule has 2 aromatic rings. The zero-order chi connectivity index (χ0) is 21.8. The Morgan fingerprint density at radius 2 is 1.90 bits per heavy atom. The molecule has 0 radical (unpaired) electrons. The van der Waals surface area contributed by atoms with Crippen molar-refractivity contribution in [2.45, 2.75) is 33.4 Å². The van der Waals surface area contributed by atoms with Crippen LogP contribution in [0.5, 0.6) is 0 Å². The van der Waals surface area contributed by atoms with Crippen LogP contribution in [0.2, 0.25) is 0 Å². The summed E-state index contributed by atoms with van der Waals surface area (Å²) in [4.78, 5) is 42.0. The number of urea groups is 1. The molecule has 0 aromatic carbocycles. The van der Waals surface area contributed by atoms with Crippen molar-refractivity contribution in [1.29, 1.82) is 0 Å². The lowest BCUT2D eigenvalue weighted by molar-refractivity contribution is 0.0869. The van der Waals surface area contributed by atoms with Gasteiger partial charge in [-0.15, -0.1) is 11.3 Å². The SMILES string of the molecule is Cc1c(C(N)=O)cc(C(=O)CN2CCN(C(=O)NC(C)C)CC2)n1Cc1cccs1. The van der Waals surface area contributed by atoms with Gasteiger partial charge in [-0.3, -0.25) is 14.5 Å². The summed E-state index contributed by atoms with van der Waals surface area (Å²) in [5.74, 6) is -0.585. The number of piperazine rings is 1. The van der Waals surface area contributed by atoms with Gasteiger partial charge in [-0.05, 0) is 38.3 Å². The van der Waals surface area contributed by atoms with E-state index in [1.807, 2.05) is 47.8 Å². The molecule has 162 valence electrons. The number of amides is 3. The van der Waals surface area contributed by atoms with Crippen molar-refractivity contribution in [2.24, 2.45) is 5.73 Å². The molecule has 0 atom stereocenters. The second-order valence-electron chi connectivity index (χ2n) is 7.85. The molecule has 0 unspecified atom stereocenters. The summed E-state index contributed by atoms with van der Waals surface area (Å²) in [6, 6.07) is 5.60. The molecule has 1 saturated heterocycles. The van der Waals surface area contributed by atoms with E-state index in [1.54, 1.807) is 22.3 Å². The van der Waals surface area contributed by atoms with E-state index >= 15 is 0 Å². The van der Waals surface area contributed by atoms with Crippen molar-refractivity contribution in [1.82, 2.24) is 19.7 Å². The van der Waals surface area contributed by atoms with Crippen LogP contribution in [0.15, 0.2) is 23.6 Å². The predicted molar refractivity (Wildman–Crippen MR) is 117 cm³/mol. The maximum atomic E-state index is 13.1. The highest BCUT2D eigenvalue weighted by Crippen LogP contribution is 2.20. The van der Waals surface area contributed by atoms with Gasteiger partial charge >= 0.3 is 6.03 Å². The number of nitrogens with one attached hydrogen (secondary N) is 1. The Morgan fingerprint density at radius 1 is 1.20 bits per heavy atom. The minimum Gasteiger partial charge on any atom is -0.366 e. The molecule has 1 fully saturated rings. The van der Waals surface area contributed by atoms with E-state index in [0.717, 1.165) is 4.88 Å². The number of primary amides is 1. The van der Waals surface area contributed by atoms with Crippen LogP contribution in [0.3, 0.4) is 0 Å². The largest absolute Gasteiger partial charge is 0.366 e. The summed E-state index contributed by atoms with van der Waals surface area (Å²) in [5.41, 5.74) is 7.10. The Balaban J connectivity index is 1.69. The summed E-state index contributed by atoms with van der Waals surface area (Å²) in [6.45, 7) is 8.86. The Bertz CT molecular complexity index is 911. The first-order chi connectivity index (χ1) is 14.3. The van der Waals surface area contributed by atoms with Crippen LogP contribution in [-0.4, -0.2) is 70.9 Å². The van der Waals surface area contributed by atoms with Crippen LogP contribution >= 0.6 is 11.3 Å². The highest BCUT2D eigenvalue weighted by molar-refractivity contribution is 7.09. The number of nitrogens with two attached hydrogens (primary N) is 1. The van der Waals surface area contributed by atoms with E-state index in [1.165, 1.54) is 0 Å². The highest BCUT2D eigenvalue weighted by atomic mass is 32.1. The van der Waals surface area contributed by atoms with Gasteiger partial charge in [-0.25, -0.2) is 4.79 Å². The van der Waals surface area contributed by atoms with E-state index in [0.29, 0.717) is 49.7 Å². The minimum atomic E-state index is -0.531. The molecule has 0 aliphatic carbocycles. The third-order valence-corrected chi connectivity index (χ3v) is 6.11. The summed E-state index contributed by atoms with van der Waals surface area (Å²) < 4.78 is 1.88. The smallest absolute Gasteiger partial charge is 0.317 e. The summed E-state index contributed by atoms with van der Waals surface area (Å²) >= 11 is 1.61. The van der Waals surface area contributed by atoms with E-state index in [9.17, 15) is 14.4 Å². The Labute approximate surface area is 180 Å². The lowest BCUT2D eigenvalue weighted by atomic mass is 10.2. The van der Waals surface area contributed by atoms with Crippen LogP contribution in [0, 0.1) is 6.92 Å². The van der Waals surface area contributed by atoms with Gasteiger partial charge in [-0.2, -0.15) is 0 Å². The van der Waals surface area contributed by atoms with Gasteiger partial charge in [0, 0.05) is 42.8 Å². The van der Waals surface area contributed by atoms with Crippen molar-refractivity contribution in [3.63, 3.8) is 0 Å². The topological polar surface area (TPSA) is 101 Å². The van der Waals surface area contributed by atoms with Gasteiger partial charge in [0.05, 0.1) is 24.3 Å². The van der Waals surface area contributed by atoms with Gasteiger partial charge in [0.1, 0.15) is 0 Å². The normalized spacial score (nSPS) is 14.9. The minimum absolute atomic E-state index is 0.0535. The highest BCUT2D eigenvalue weighted by Gasteiger charge is 2.26. The number of aromatic nitrogens is 1. The van der Waals surface area contributed by atoms with E-state index in [2.05, 4.69) is 5.32 Å². The van der Waals surface area contributed by atoms with Crippen LogP contribution < -0.4 is 11.1 Å². The average molecular weight is 432 g/mol. The predicted octanol–water partition coefficient (Wildman–Crippen LogP) is 1.92. The third-order valence-electron chi connectivity index (χ3n) is 5.25. The number of carbonyl (C=O) groups is 3. The zero-order valence-electron chi connectivity index (χ0n) is 17.7. The van der Waals surface area contributed by atoms with Crippen LogP contribution in [0.25, 0.3) is 0 Å². The van der Waals surface area contributed by atoms with Gasteiger partial charge in [0.2, 0.25) is 0 Å². The maximum Gasteiger partial charge on any atom is 0.317 e. The fourth-order valence-electron chi connectivity index (χ4n) is 3.62. The van der Waals surface area contributed by atoms with Gasteiger partial charge in [0.15, 0.2) is 5.78 Å². The molecule has 0 saturated carbocycles. The fraction of sp³-hybridized carbons (Fsp3) is 0.476. The lowest BCUT2D eigenvalue weighted by Crippen LogP contribution is -2.53. The number of thiophene rings is 1. The first kappa shape index (κ1) is 22.0.